The fourth-order valence-corrected chi connectivity index (χ4v) is 3.74. The second-order valence-corrected chi connectivity index (χ2v) is 8.04. The molecular formula is C12H18N2O3S2. The second kappa shape index (κ2) is 6.48. The predicted octanol–water partition coefficient (Wildman–Crippen LogP) is 1.96. The van der Waals surface area contributed by atoms with Crippen molar-refractivity contribution in [3.8, 4) is 6.07 Å². The quantitative estimate of drug-likeness (QED) is 0.835. The van der Waals surface area contributed by atoms with Gasteiger partial charge in [-0.05, 0) is 24.0 Å². The third-order valence-corrected chi connectivity index (χ3v) is 5.56. The highest BCUT2D eigenvalue weighted by Gasteiger charge is 2.23. The summed E-state index contributed by atoms with van der Waals surface area (Å²) in [4.78, 5) is 0.388. The van der Waals surface area contributed by atoms with Crippen molar-refractivity contribution in [3.63, 3.8) is 0 Å². The van der Waals surface area contributed by atoms with E-state index in [9.17, 15) is 8.42 Å². The first-order valence-corrected chi connectivity index (χ1v) is 8.09. The number of hydrogen-bond acceptors (Lipinski definition) is 5. The highest BCUT2D eigenvalue weighted by molar-refractivity contribution is 7.91. The van der Waals surface area contributed by atoms with Crippen LogP contribution >= 0.6 is 11.3 Å². The van der Waals surface area contributed by atoms with Crippen molar-refractivity contribution in [2.45, 2.75) is 24.5 Å². The van der Waals surface area contributed by atoms with Crippen LogP contribution in [0.5, 0.6) is 0 Å². The van der Waals surface area contributed by atoms with Crippen molar-refractivity contribution in [2.75, 3.05) is 20.3 Å². The van der Waals surface area contributed by atoms with E-state index in [4.69, 9.17) is 10.00 Å². The lowest BCUT2D eigenvalue weighted by Crippen LogP contribution is -2.34. The van der Waals surface area contributed by atoms with Crippen LogP contribution in [0.2, 0.25) is 0 Å². The summed E-state index contributed by atoms with van der Waals surface area (Å²) in [6.07, 6.45) is 0.764. The van der Waals surface area contributed by atoms with Crippen LogP contribution in [-0.4, -0.2) is 28.7 Å². The molecular weight excluding hydrogens is 284 g/mol. The van der Waals surface area contributed by atoms with Gasteiger partial charge in [-0.15, -0.1) is 11.3 Å². The molecule has 1 aromatic heterocycles. The molecule has 5 nitrogen and oxygen atoms in total. The number of methoxy groups -OCH3 is 1. The molecule has 0 saturated carbocycles. The Morgan fingerprint density at radius 1 is 1.47 bits per heavy atom. The van der Waals surface area contributed by atoms with Crippen molar-refractivity contribution >= 4 is 21.4 Å². The van der Waals surface area contributed by atoms with Crippen LogP contribution in [0.15, 0.2) is 16.3 Å². The summed E-state index contributed by atoms with van der Waals surface area (Å²) >= 11 is 0.972. The van der Waals surface area contributed by atoms with E-state index < -0.39 is 10.0 Å². The number of sulfonamides is 1. The molecule has 0 radical (unpaired) electrons. The van der Waals surface area contributed by atoms with E-state index in [1.165, 1.54) is 12.1 Å². The molecule has 0 atom stereocenters. The third-order valence-electron chi connectivity index (χ3n) is 2.68. The van der Waals surface area contributed by atoms with E-state index in [2.05, 4.69) is 4.72 Å². The standard InChI is InChI=1S/C12H18N2O3S2/c1-12(2,6-7-17-3)9-14-19(15,16)11-5-4-10(8-13)18-11/h4-5,14H,6-7,9H2,1-3H3. The molecule has 1 aromatic rings. The molecule has 0 spiro atoms. The summed E-state index contributed by atoms with van der Waals surface area (Å²) in [5, 5.41) is 8.70. The first kappa shape index (κ1) is 16.1. The number of ether oxygens (including phenoxy) is 1. The molecule has 1 rings (SSSR count). The van der Waals surface area contributed by atoms with Crippen LogP contribution < -0.4 is 4.72 Å². The molecule has 0 aromatic carbocycles. The molecule has 0 aliphatic heterocycles. The van der Waals surface area contributed by atoms with E-state index in [1.807, 2.05) is 19.9 Å². The topological polar surface area (TPSA) is 79.2 Å². The molecule has 1 heterocycles. The molecule has 0 fully saturated rings. The van der Waals surface area contributed by atoms with Crippen molar-refractivity contribution in [1.82, 2.24) is 4.72 Å². The smallest absolute Gasteiger partial charge is 0.250 e. The van der Waals surface area contributed by atoms with Crippen molar-refractivity contribution in [2.24, 2.45) is 5.41 Å². The molecule has 0 saturated heterocycles. The number of rotatable bonds is 7. The van der Waals surface area contributed by atoms with Crippen LogP contribution in [0.1, 0.15) is 25.1 Å². The van der Waals surface area contributed by atoms with Gasteiger partial charge < -0.3 is 4.74 Å². The normalized spacial score (nSPS) is 12.3. The van der Waals surface area contributed by atoms with Gasteiger partial charge in [-0.2, -0.15) is 5.26 Å². The van der Waals surface area contributed by atoms with Gasteiger partial charge in [-0.3, -0.25) is 0 Å². The first-order valence-electron chi connectivity index (χ1n) is 5.79. The van der Waals surface area contributed by atoms with Crippen LogP contribution in [0, 0.1) is 16.7 Å². The van der Waals surface area contributed by atoms with E-state index >= 15 is 0 Å². The monoisotopic (exact) mass is 302 g/mol. The average molecular weight is 302 g/mol. The van der Waals surface area contributed by atoms with Gasteiger partial charge in [0, 0.05) is 20.3 Å². The summed E-state index contributed by atoms with van der Waals surface area (Å²) in [5.74, 6) is 0. The van der Waals surface area contributed by atoms with E-state index in [1.54, 1.807) is 7.11 Å². The Balaban J connectivity index is 2.68. The first-order chi connectivity index (χ1) is 8.80. The van der Waals surface area contributed by atoms with Crippen LogP contribution in [0.3, 0.4) is 0 Å². The van der Waals surface area contributed by atoms with Gasteiger partial charge in [0.15, 0.2) is 0 Å². The Hall–Kier alpha value is -0.940. The Morgan fingerprint density at radius 3 is 2.68 bits per heavy atom. The Morgan fingerprint density at radius 2 is 2.16 bits per heavy atom. The summed E-state index contributed by atoms with van der Waals surface area (Å²) in [7, 11) is -1.91. The number of nitrogens with zero attached hydrogens (tertiary/aromatic N) is 1. The highest BCUT2D eigenvalue weighted by atomic mass is 32.2. The fraction of sp³-hybridized carbons (Fsp3) is 0.583. The maximum atomic E-state index is 12.0. The van der Waals surface area contributed by atoms with Gasteiger partial charge in [0.25, 0.3) is 0 Å². The van der Waals surface area contributed by atoms with Crippen LogP contribution in [0.4, 0.5) is 0 Å². The maximum Gasteiger partial charge on any atom is 0.250 e. The van der Waals surface area contributed by atoms with Crippen LogP contribution in [0.25, 0.3) is 0 Å². The number of thiophene rings is 1. The Bertz CT molecular complexity index is 556. The zero-order valence-electron chi connectivity index (χ0n) is 11.3. The summed E-state index contributed by atoms with van der Waals surface area (Å²) in [6, 6.07) is 4.89. The molecule has 0 aliphatic carbocycles. The highest BCUT2D eigenvalue weighted by Crippen LogP contribution is 2.23. The van der Waals surface area contributed by atoms with Gasteiger partial charge in [-0.1, -0.05) is 13.8 Å². The molecule has 0 aliphatic rings. The fourth-order valence-electron chi connectivity index (χ4n) is 1.35. The Labute approximate surface area is 118 Å². The van der Waals surface area contributed by atoms with E-state index in [0.29, 0.717) is 18.0 Å². The average Bonchev–Trinajstić information content (AvgIpc) is 2.84. The van der Waals surface area contributed by atoms with Gasteiger partial charge in [0.2, 0.25) is 10.0 Å². The number of nitrogens with one attached hydrogen (secondary N) is 1. The van der Waals surface area contributed by atoms with Crippen molar-refractivity contribution < 1.29 is 13.2 Å². The lowest BCUT2D eigenvalue weighted by molar-refractivity contribution is 0.153. The van der Waals surface area contributed by atoms with Crippen molar-refractivity contribution in [1.29, 1.82) is 5.26 Å². The number of hydrogen-bond donors (Lipinski definition) is 1. The van der Waals surface area contributed by atoms with E-state index in [-0.39, 0.29) is 9.62 Å². The summed E-state index contributed by atoms with van der Waals surface area (Å²) in [5.41, 5.74) is -0.182. The second-order valence-electron chi connectivity index (χ2n) is 4.96. The zero-order chi connectivity index (χ0) is 14.5. The van der Waals surface area contributed by atoms with Gasteiger partial charge in [-0.25, -0.2) is 13.1 Å². The minimum absolute atomic E-state index is 0.173. The maximum absolute atomic E-state index is 12.0. The third kappa shape index (κ3) is 4.91. The summed E-state index contributed by atoms with van der Waals surface area (Å²) < 4.78 is 31.8. The SMILES string of the molecule is COCCC(C)(C)CNS(=O)(=O)c1ccc(C#N)s1. The molecule has 19 heavy (non-hydrogen) atoms. The minimum atomic E-state index is -3.53. The molecule has 7 heteroatoms. The number of nitriles is 1. The zero-order valence-corrected chi connectivity index (χ0v) is 12.9. The molecule has 0 amide bonds. The molecule has 1 N–H and O–H groups in total. The predicted molar refractivity (Wildman–Crippen MR) is 74.5 cm³/mol. The van der Waals surface area contributed by atoms with Crippen LogP contribution in [-0.2, 0) is 14.8 Å². The molecule has 106 valence electrons. The largest absolute Gasteiger partial charge is 0.385 e. The van der Waals surface area contributed by atoms with Gasteiger partial charge >= 0.3 is 0 Å². The van der Waals surface area contributed by atoms with E-state index in [0.717, 1.165) is 17.8 Å². The molecule has 0 bridgehead atoms. The van der Waals surface area contributed by atoms with Gasteiger partial charge in [0.1, 0.15) is 15.2 Å². The van der Waals surface area contributed by atoms with Gasteiger partial charge in [0.05, 0.1) is 0 Å². The lowest BCUT2D eigenvalue weighted by Gasteiger charge is -2.24. The lowest BCUT2D eigenvalue weighted by atomic mass is 9.90. The minimum Gasteiger partial charge on any atom is -0.385 e. The molecule has 0 unspecified atom stereocenters. The summed E-state index contributed by atoms with van der Waals surface area (Å²) in [6.45, 7) is 4.87. The van der Waals surface area contributed by atoms with Crippen molar-refractivity contribution in [3.05, 3.63) is 17.0 Å². The Kier molecular flexibility index (Phi) is 5.50.